The van der Waals surface area contributed by atoms with Crippen LogP contribution in [-0.4, -0.2) is 11.3 Å². The third kappa shape index (κ3) is 3.79. The van der Waals surface area contributed by atoms with Crippen LogP contribution in [0.1, 0.15) is 64.7 Å². The molecule has 0 radical (unpaired) electrons. The molecule has 1 saturated carbocycles. The minimum Gasteiger partial charge on any atom is -0.325 e. The second-order valence-electron chi connectivity index (χ2n) is 4.74. The molecule has 1 fully saturated rings. The van der Waals surface area contributed by atoms with Crippen molar-refractivity contribution in [2.75, 3.05) is 0 Å². The Morgan fingerprint density at radius 1 is 1.29 bits per heavy atom. The predicted molar refractivity (Wildman–Crippen MR) is 59.2 cm³/mol. The van der Waals surface area contributed by atoms with E-state index in [1.807, 2.05) is 0 Å². The summed E-state index contributed by atoms with van der Waals surface area (Å²) < 4.78 is 0. The normalized spacial score (nSPS) is 19.9. The van der Waals surface area contributed by atoms with Crippen molar-refractivity contribution in [1.82, 2.24) is 0 Å². The molecule has 14 heavy (non-hydrogen) atoms. The fraction of sp³-hybridized carbons (Fsp3) is 0.917. The van der Waals surface area contributed by atoms with Crippen molar-refractivity contribution in [3.05, 3.63) is 0 Å². The van der Waals surface area contributed by atoms with Gasteiger partial charge < -0.3 is 5.73 Å². The highest BCUT2D eigenvalue weighted by Gasteiger charge is 2.31. The number of carbonyl (C=O) groups excluding carboxylic acids is 1. The zero-order valence-corrected chi connectivity index (χ0v) is 9.35. The topological polar surface area (TPSA) is 43.1 Å². The fourth-order valence-corrected chi connectivity index (χ4v) is 2.31. The first-order valence-corrected chi connectivity index (χ1v) is 5.97. The molecule has 0 heterocycles. The van der Waals surface area contributed by atoms with Gasteiger partial charge in [-0.1, -0.05) is 32.6 Å². The third-order valence-electron chi connectivity index (χ3n) is 3.21. The summed E-state index contributed by atoms with van der Waals surface area (Å²) in [4.78, 5) is 11.6. The van der Waals surface area contributed by atoms with Crippen LogP contribution in [0.5, 0.6) is 0 Å². The van der Waals surface area contributed by atoms with E-state index in [9.17, 15) is 4.79 Å². The van der Waals surface area contributed by atoms with Gasteiger partial charge in [-0.15, -0.1) is 0 Å². The van der Waals surface area contributed by atoms with Gasteiger partial charge in [0, 0.05) is 18.4 Å². The van der Waals surface area contributed by atoms with Gasteiger partial charge in [-0.05, 0) is 19.3 Å². The summed E-state index contributed by atoms with van der Waals surface area (Å²) in [5.74, 6) is 0.378. The van der Waals surface area contributed by atoms with Gasteiger partial charge >= 0.3 is 0 Å². The largest absolute Gasteiger partial charge is 0.325 e. The van der Waals surface area contributed by atoms with Crippen molar-refractivity contribution in [3.8, 4) is 0 Å². The maximum Gasteiger partial charge on any atom is 0.134 e. The van der Waals surface area contributed by atoms with Gasteiger partial charge in [-0.25, -0.2) is 0 Å². The Hall–Kier alpha value is -0.370. The fourth-order valence-electron chi connectivity index (χ4n) is 2.31. The Labute approximate surface area is 87.2 Å². The lowest BCUT2D eigenvalue weighted by molar-refractivity contribution is -0.120. The van der Waals surface area contributed by atoms with Crippen molar-refractivity contribution >= 4 is 5.78 Å². The van der Waals surface area contributed by atoms with Crippen LogP contribution < -0.4 is 5.73 Å². The van der Waals surface area contributed by atoms with Gasteiger partial charge in [0.2, 0.25) is 0 Å². The monoisotopic (exact) mass is 197 g/mol. The number of hydrogen-bond acceptors (Lipinski definition) is 2. The first kappa shape index (κ1) is 11.7. The molecule has 0 aromatic carbocycles. The van der Waals surface area contributed by atoms with Gasteiger partial charge in [-0.2, -0.15) is 0 Å². The van der Waals surface area contributed by atoms with Crippen LogP contribution in [-0.2, 0) is 4.79 Å². The van der Waals surface area contributed by atoms with E-state index in [1.165, 1.54) is 25.7 Å². The highest BCUT2D eigenvalue weighted by molar-refractivity contribution is 5.79. The summed E-state index contributed by atoms with van der Waals surface area (Å²) in [6, 6.07) is 0. The smallest absolute Gasteiger partial charge is 0.134 e. The van der Waals surface area contributed by atoms with E-state index in [-0.39, 0.29) is 5.54 Å². The first-order chi connectivity index (χ1) is 6.66. The molecule has 0 amide bonds. The van der Waals surface area contributed by atoms with Crippen molar-refractivity contribution in [2.45, 2.75) is 70.3 Å². The van der Waals surface area contributed by atoms with Crippen molar-refractivity contribution in [1.29, 1.82) is 0 Å². The average molecular weight is 197 g/mol. The molecule has 1 aliphatic carbocycles. The van der Waals surface area contributed by atoms with Crippen LogP contribution in [0.25, 0.3) is 0 Å². The summed E-state index contributed by atoms with van der Waals surface area (Å²) in [5, 5.41) is 0. The summed E-state index contributed by atoms with van der Waals surface area (Å²) in [6.45, 7) is 2.16. The predicted octanol–water partition coefficient (Wildman–Crippen LogP) is 2.80. The van der Waals surface area contributed by atoms with E-state index in [1.54, 1.807) is 0 Å². The highest BCUT2D eigenvalue weighted by atomic mass is 16.1. The average Bonchev–Trinajstić information content (AvgIpc) is 2.52. The molecule has 0 saturated heterocycles. The van der Waals surface area contributed by atoms with E-state index in [2.05, 4.69) is 6.92 Å². The summed E-state index contributed by atoms with van der Waals surface area (Å²) in [5.41, 5.74) is 6.01. The third-order valence-corrected chi connectivity index (χ3v) is 3.21. The van der Waals surface area contributed by atoms with Crippen LogP contribution in [0.4, 0.5) is 0 Å². The van der Waals surface area contributed by atoms with E-state index in [0.29, 0.717) is 12.2 Å². The lowest BCUT2D eigenvalue weighted by atomic mass is 9.91. The molecule has 0 bridgehead atoms. The standard InChI is InChI=1S/C12H23NO/c1-2-3-4-7-11(14)10-12(13)8-5-6-9-12/h2-10,13H2,1H3. The molecule has 0 aromatic rings. The van der Waals surface area contributed by atoms with Crippen LogP contribution >= 0.6 is 0 Å². The van der Waals surface area contributed by atoms with Gasteiger partial charge in [-0.3, -0.25) is 4.79 Å². The van der Waals surface area contributed by atoms with Crippen LogP contribution in [0.2, 0.25) is 0 Å². The zero-order chi connectivity index (χ0) is 10.4. The minimum atomic E-state index is -0.136. The van der Waals surface area contributed by atoms with Gasteiger partial charge in [0.1, 0.15) is 5.78 Å². The summed E-state index contributed by atoms with van der Waals surface area (Å²) in [6.07, 6.45) is 9.27. The molecule has 0 unspecified atom stereocenters. The molecule has 0 aliphatic heterocycles. The number of unbranched alkanes of at least 4 members (excludes halogenated alkanes) is 2. The highest BCUT2D eigenvalue weighted by Crippen LogP contribution is 2.30. The Morgan fingerprint density at radius 2 is 1.93 bits per heavy atom. The lowest BCUT2D eigenvalue weighted by Gasteiger charge is -2.22. The number of carbonyl (C=O) groups is 1. The maximum absolute atomic E-state index is 11.6. The molecule has 82 valence electrons. The van der Waals surface area contributed by atoms with Gasteiger partial charge in [0.15, 0.2) is 0 Å². The van der Waals surface area contributed by atoms with Crippen LogP contribution in [0.3, 0.4) is 0 Å². The number of ketones is 1. The first-order valence-electron chi connectivity index (χ1n) is 5.97. The summed E-state index contributed by atoms with van der Waals surface area (Å²) >= 11 is 0. The molecule has 0 atom stereocenters. The molecule has 2 nitrogen and oxygen atoms in total. The number of nitrogens with two attached hydrogens (primary N) is 1. The molecule has 0 spiro atoms. The molecule has 2 N–H and O–H groups in total. The molecule has 1 aliphatic rings. The van der Waals surface area contributed by atoms with E-state index in [0.717, 1.165) is 25.7 Å². The lowest BCUT2D eigenvalue weighted by Crippen LogP contribution is -2.38. The Kier molecular flexibility index (Phi) is 4.59. The van der Waals surface area contributed by atoms with E-state index >= 15 is 0 Å². The van der Waals surface area contributed by atoms with E-state index < -0.39 is 0 Å². The van der Waals surface area contributed by atoms with Crippen LogP contribution in [0.15, 0.2) is 0 Å². The molecule has 0 aromatic heterocycles. The number of hydrogen-bond donors (Lipinski definition) is 1. The van der Waals surface area contributed by atoms with Crippen molar-refractivity contribution in [2.24, 2.45) is 5.73 Å². The summed E-state index contributed by atoms with van der Waals surface area (Å²) in [7, 11) is 0. The van der Waals surface area contributed by atoms with Gasteiger partial charge in [0.05, 0.1) is 0 Å². The second-order valence-corrected chi connectivity index (χ2v) is 4.74. The molecular weight excluding hydrogens is 174 g/mol. The van der Waals surface area contributed by atoms with Gasteiger partial charge in [0.25, 0.3) is 0 Å². The van der Waals surface area contributed by atoms with Crippen LogP contribution in [0, 0.1) is 0 Å². The van der Waals surface area contributed by atoms with E-state index in [4.69, 9.17) is 5.73 Å². The number of Topliss-reactive ketones (excluding diaryl/α,β-unsaturated/α-hetero) is 1. The molecular formula is C12H23NO. The molecule has 2 heteroatoms. The Balaban J connectivity index is 2.19. The quantitative estimate of drug-likeness (QED) is 0.665. The SMILES string of the molecule is CCCCCC(=O)CC1(N)CCCC1. The Morgan fingerprint density at radius 3 is 2.50 bits per heavy atom. The zero-order valence-electron chi connectivity index (χ0n) is 9.35. The second kappa shape index (κ2) is 5.50. The number of rotatable bonds is 6. The Bertz CT molecular complexity index is 183. The minimum absolute atomic E-state index is 0.136. The molecule has 1 rings (SSSR count). The van der Waals surface area contributed by atoms with Crippen molar-refractivity contribution < 1.29 is 4.79 Å². The van der Waals surface area contributed by atoms with Crippen molar-refractivity contribution in [3.63, 3.8) is 0 Å². The maximum atomic E-state index is 11.6.